The van der Waals surface area contributed by atoms with Crippen molar-refractivity contribution in [1.82, 2.24) is 0 Å². The van der Waals surface area contributed by atoms with Gasteiger partial charge in [-0.15, -0.1) is 0 Å². The van der Waals surface area contributed by atoms with E-state index in [1.165, 1.54) is 6.07 Å². The molecule has 0 aromatic heterocycles. The molecule has 0 unspecified atom stereocenters. The summed E-state index contributed by atoms with van der Waals surface area (Å²) in [6, 6.07) is 23.6. The summed E-state index contributed by atoms with van der Waals surface area (Å²) in [5, 5.41) is 5.89. The van der Waals surface area contributed by atoms with Crippen LogP contribution >= 0.6 is 0 Å². The number of anilines is 3. The van der Waals surface area contributed by atoms with Crippen molar-refractivity contribution < 1.29 is 9.18 Å². The summed E-state index contributed by atoms with van der Waals surface area (Å²) in [6.45, 7) is 0. The van der Waals surface area contributed by atoms with E-state index in [1.807, 2.05) is 30.3 Å². The van der Waals surface area contributed by atoms with Crippen LogP contribution in [0.4, 0.5) is 21.5 Å². The third kappa shape index (κ3) is 4.91. The van der Waals surface area contributed by atoms with Crippen LogP contribution in [0.25, 0.3) is 0 Å². The quantitative estimate of drug-likeness (QED) is 0.655. The highest BCUT2D eigenvalue weighted by atomic mass is 19.1. The maximum absolute atomic E-state index is 13.6. The Labute approximate surface area is 146 Å². The number of benzene rings is 3. The molecule has 0 spiro atoms. The van der Waals surface area contributed by atoms with Crippen LogP contribution in [0, 0.1) is 5.82 Å². The Bertz CT molecular complexity index is 832. The molecule has 126 valence electrons. The third-order valence-corrected chi connectivity index (χ3v) is 3.81. The Kier molecular flexibility index (Phi) is 5.42. The number of carbonyl (C=O) groups excluding carboxylic acids is 1. The van der Waals surface area contributed by atoms with Gasteiger partial charge in [-0.2, -0.15) is 0 Å². The van der Waals surface area contributed by atoms with Crippen molar-refractivity contribution in [1.29, 1.82) is 0 Å². The number of hydrogen-bond acceptors (Lipinski definition) is 2. The largest absolute Gasteiger partial charge is 0.353 e. The van der Waals surface area contributed by atoms with Crippen molar-refractivity contribution in [3.8, 4) is 0 Å². The number of halogens is 1. The van der Waals surface area contributed by atoms with Gasteiger partial charge in [0.15, 0.2) is 0 Å². The van der Waals surface area contributed by atoms with Gasteiger partial charge in [0, 0.05) is 17.8 Å². The highest BCUT2D eigenvalue weighted by Crippen LogP contribution is 2.21. The molecule has 0 aliphatic rings. The minimum atomic E-state index is -0.305. The molecule has 3 nitrogen and oxygen atoms in total. The van der Waals surface area contributed by atoms with E-state index in [9.17, 15) is 9.18 Å². The monoisotopic (exact) mass is 334 g/mol. The van der Waals surface area contributed by atoms with Gasteiger partial charge in [0.2, 0.25) is 5.91 Å². The molecule has 0 bridgehead atoms. The first-order valence-corrected chi connectivity index (χ1v) is 8.16. The lowest BCUT2D eigenvalue weighted by atomic mass is 10.1. The summed E-state index contributed by atoms with van der Waals surface area (Å²) in [4.78, 5) is 12.0. The van der Waals surface area contributed by atoms with Crippen LogP contribution in [0.15, 0.2) is 78.9 Å². The van der Waals surface area contributed by atoms with Gasteiger partial charge >= 0.3 is 0 Å². The smallest absolute Gasteiger partial charge is 0.224 e. The SMILES string of the molecule is O=C(CCc1ccccc1)Nc1ccc(Nc2ccccc2F)cc1. The second-order valence-electron chi connectivity index (χ2n) is 5.72. The van der Waals surface area contributed by atoms with Gasteiger partial charge in [0.05, 0.1) is 5.69 Å². The Hall–Kier alpha value is -3.14. The Balaban J connectivity index is 1.53. The van der Waals surface area contributed by atoms with E-state index in [1.54, 1.807) is 42.5 Å². The number of aryl methyl sites for hydroxylation is 1. The van der Waals surface area contributed by atoms with Crippen LogP contribution < -0.4 is 10.6 Å². The molecule has 3 aromatic rings. The molecular formula is C21H19FN2O. The zero-order valence-electron chi connectivity index (χ0n) is 13.7. The lowest BCUT2D eigenvalue weighted by molar-refractivity contribution is -0.116. The Morgan fingerprint density at radius 3 is 2.16 bits per heavy atom. The number of hydrogen-bond donors (Lipinski definition) is 2. The minimum Gasteiger partial charge on any atom is -0.353 e. The molecule has 4 heteroatoms. The maximum atomic E-state index is 13.6. The van der Waals surface area contributed by atoms with Gasteiger partial charge in [0.1, 0.15) is 5.82 Å². The van der Waals surface area contributed by atoms with Crippen LogP contribution in [0.2, 0.25) is 0 Å². The van der Waals surface area contributed by atoms with E-state index in [-0.39, 0.29) is 11.7 Å². The molecule has 3 aromatic carbocycles. The summed E-state index contributed by atoms with van der Waals surface area (Å²) >= 11 is 0. The summed E-state index contributed by atoms with van der Waals surface area (Å²) in [7, 11) is 0. The van der Waals surface area contributed by atoms with E-state index in [2.05, 4.69) is 10.6 Å². The average Bonchev–Trinajstić information content (AvgIpc) is 2.64. The summed E-state index contributed by atoms with van der Waals surface area (Å²) in [5.41, 5.74) is 3.04. The van der Waals surface area contributed by atoms with Crippen molar-refractivity contribution in [2.24, 2.45) is 0 Å². The zero-order valence-corrected chi connectivity index (χ0v) is 13.7. The molecule has 2 N–H and O–H groups in total. The molecule has 0 radical (unpaired) electrons. The standard InChI is InChI=1S/C21H19FN2O/c22-19-8-4-5-9-20(19)23-17-11-13-18(14-12-17)24-21(25)15-10-16-6-2-1-3-7-16/h1-9,11-14,23H,10,15H2,(H,24,25). The fraction of sp³-hybridized carbons (Fsp3) is 0.0952. The van der Waals surface area contributed by atoms with Crippen LogP contribution in [-0.4, -0.2) is 5.91 Å². The van der Waals surface area contributed by atoms with Crippen LogP contribution in [0.3, 0.4) is 0 Å². The number of para-hydroxylation sites is 1. The van der Waals surface area contributed by atoms with E-state index in [0.717, 1.165) is 16.9 Å². The van der Waals surface area contributed by atoms with E-state index < -0.39 is 0 Å². The zero-order chi connectivity index (χ0) is 17.5. The normalized spacial score (nSPS) is 10.3. The molecule has 1 amide bonds. The van der Waals surface area contributed by atoms with E-state index in [0.29, 0.717) is 18.5 Å². The first-order chi connectivity index (χ1) is 12.2. The highest BCUT2D eigenvalue weighted by Gasteiger charge is 2.04. The van der Waals surface area contributed by atoms with E-state index in [4.69, 9.17) is 0 Å². The first kappa shape index (κ1) is 16.7. The van der Waals surface area contributed by atoms with Crippen molar-refractivity contribution >= 4 is 23.0 Å². The molecule has 0 fully saturated rings. The molecule has 0 heterocycles. The summed E-state index contributed by atoms with van der Waals surface area (Å²) in [5.74, 6) is -0.334. The average molecular weight is 334 g/mol. The molecule has 25 heavy (non-hydrogen) atoms. The van der Waals surface area contributed by atoms with Crippen LogP contribution in [0.1, 0.15) is 12.0 Å². The fourth-order valence-corrected chi connectivity index (χ4v) is 2.48. The van der Waals surface area contributed by atoms with Gasteiger partial charge in [-0.25, -0.2) is 4.39 Å². The molecule has 0 saturated heterocycles. The van der Waals surface area contributed by atoms with Gasteiger partial charge in [-0.05, 0) is 48.4 Å². The first-order valence-electron chi connectivity index (χ1n) is 8.16. The molecule has 0 aliphatic heterocycles. The number of nitrogens with one attached hydrogen (secondary N) is 2. The molecule has 0 saturated carbocycles. The van der Waals surface area contributed by atoms with Crippen molar-refractivity contribution in [3.05, 3.63) is 90.2 Å². The summed E-state index contributed by atoms with van der Waals surface area (Å²) < 4.78 is 13.6. The Morgan fingerprint density at radius 1 is 0.800 bits per heavy atom. The van der Waals surface area contributed by atoms with Crippen molar-refractivity contribution in [3.63, 3.8) is 0 Å². The number of rotatable bonds is 6. The Morgan fingerprint density at radius 2 is 1.44 bits per heavy atom. The molecular weight excluding hydrogens is 315 g/mol. The molecule has 0 atom stereocenters. The minimum absolute atomic E-state index is 0.0290. The van der Waals surface area contributed by atoms with Crippen molar-refractivity contribution in [2.75, 3.05) is 10.6 Å². The van der Waals surface area contributed by atoms with Gasteiger partial charge in [0.25, 0.3) is 0 Å². The van der Waals surface area contributed by atoms with Crippen molar-refractivity contribution in [2.45, 2.75) is 12.8 Å². The van der Waals surface area contributed by atoms with Crippen LogP contribution in [0.5, 0.6) is 0 Å². The van der Waals surface area contributed by atoms with Crippen LogP contribution in [-0.2, 0) is 11.2 Å². The number of carbonyl (C=O) groups is 1. The number of amides is 1. The lowest BCUT2D eigenvalue weighted by Gasteiger charge is -2.09. The fourth-order valence-electron chi connectivity index (χ4n) is 2.48. The van der Waals surface area contributed by atoms with Gasteiger partial charge in [-0.3, -0.25) is 4.79 Å². The van der Waals surface area contributed by atoms with Gasteiger partial charge in [-0.1, -0.05) is 42.5 Å². The second-order valence-corrected chi connectivity index (χ2v) is 5.72. The van der Waals surface area contributed by atoms with Gasteiger partial charge < -0.3 is 10.6 Å². The predicted molar refractivity (Wildman–Crippen MR) is 99.5 cm³/mol. The lowest BCUT2D eigenvalue weighted by Crippen LogP contribution is -2.12. The third-order valence-electron chi connectivity index (χ3n) is 3.81. The summed E-state index contributed by atoms with van der Waals surface area (Å²) in [6.07, 6.45) is 1.14. The highest BCUT2D eigenvalue weighted by molar-refractivity contribution is 5.91. The topological polar surface area (TPSA) is 41.1 Å². The molecule has 0 aliphatic carbocycles. The maximum Gasteiger partial charge on any atom is 0.224 e. The molecule has 3 rings (SSSR count). The second kappa shape index (κ2) is 8.11. The van der Waals surface area contributed by atoms with E-state index >= 15 is 0 Å². The predicted octanol–water partition coefficient (Wildman–Crippen LogP) is 5.14.